The standard InChI is InChI=1S/C13H9ClN4O/c14-6-9-7-17-12(18-13(9)19)8-1-2-10-11(5-8)16-4-3-15-10/h1-5,7H,6H2,(H,17,18,19). The van der Waals surface area contributed by atoms with Crippen molar-refractivity contribution in [3.63, 3.8) is 0 Å². The zero-order valence-electron chi connectivity index (χ0n) is 9.80. The molecule has 0 saturated carbocycles. The Hall–Kier alpha value is -2.27. The van der Waals surface area contributed by atoms with Gasteiger partial charge < -0.3 is 4.98 Å². The lowest BCUT2D eigenvalue weighted by Crippen LogP contribution is -2.13. The molecule has 0 aliphatic rings. The van der Waals surface area contributed by atoms with Gasteiger partial charge in [0.25, 0.3) is 5.56 Å². The molecule has 5 nitrogen and oxygen atoms in total. The van der Waals surface area contributed by atoms with Crippen LogP contribution in [0.1, 0.15) is 5.56 Å². The predicted molar refractivity (Wildman–Crippen MR) is 72.9 cm³/mol. The summed E-state index contributed by atoms with van der Waals surface area (Å²) < 4.78 is 0. The Bertz CT molecular complexity index is 800. The normalized spacial score (nSPS) is 10.8. The summed E-state index contributed by atoms with van der Waals surface area (Å²) in [4.78, 5) is 27.0. The molecule has 0 unspecified atom stereocenters. The lowest BCUT2D eigenvalue weighted by atomic mass is 10.2. The Morgan fingerprint density at radius 3 is 2.63 bits per heavy atom. The minimum atomic E-state index is -0.223. The molecule has 1 N–H and O–H groups in total. The van der Waals surface area contributed by atoms with Gasteiger partial charge in [0, 0.05) is 24.2 Å². The van der Waals surface area contributed by atoms with E-state index < -0.39 is 0 Å². The molecular formula is C13H9ClN4O. The topological polar surface area (TPSA) is 71.5 Å². The first-order valence-electron chi connectivity index (χ1n) is 5.63. The highest BCUT2D eigenvalue weighted by atomic mass is 35.5. The highest BCUT2D eigenvalue weighted by molar-refractivity contribution is 6.17. The summed E-state index contributed by atoms with van der Waals surface area (Å²) in [6.45, 7) is 0. The molecule has 1 aromatic carbocycles. The number of hydrogen-bond acceptors (Lipinski definition) is 4. The first kappa shape index (κ1) is 11.8. The molecule has 19 heavy (non-hydrogen) atoms. The van der Waals surface area contributed by atoms with E-state index in [4.69, 9.17) is 11.6 Å². The van der Waals surface area contributed by atoms with E-state index in [2.05, 4.69) is 19.9 Å². The number of nitrogens with zero attached hydrogens (tertiary/aromatic N) is 3. The number of halogens is 1. The quantitative estimate of drug-likeness (QED) is 0.725. The van der Waals surface area contributed by atoms with Crippen molar-refractivity contribution >= 4 is 22.6 Å². The van der Waals surface area contributed by atoms with Crippen molar-refractivity contribution in [2.45, 2.75) is 5.88 Å². The van der Waals surface area contributed by atoms with Crippen molar-refractivity contribution in [2.75, 3.05) is 0 Å². The van der Waals surface area contributed by atoms with E-state index in [1.54, 1.807) is 12.4 Å². The summed E-state index contributed by atoms with van der Waals surface area (Å²) >= 11 is 5.63. The molecule has 0 aliphatic carbocycles. The van der Waals surface area contributed by atoms with Gasteiger partial charge >= 0.3 is 0 Å². The van der Waals surface area contributed by atoms with Crippen molar-refractivity contribution in [3.05, 3.63) is 52.7 Å². The van der Waals surface area contributed by atoms with Gasteiger partial charge in [-0.2, -0.15) is 0 Å². The van der Waals surface area contributed by atoms with E-state index in [0.29, 0.717) is 11.4 Å². The van der Waals surface area contributed by atoms with Gasteiger partial charge in [-0.1, -0.05) is 0 Å². The van der Waals surface area contributed by atoms with Gasteiger partial charge in [-0.15, -0.1) is 11.6 Å². The fourth-order valence-corrected chi connectivity index (χ4v) is 1.96. The molecule has 94 valence electrons. The van der Waals surface area contributed by atoms with Crippen LogP contribution in [0.2, 0.25) is 0 Å². The predicted octanol–water partition coefficient (Wildman–Crippen LogP) is 2.12. The summed E-state index contributed by atoms with van der Waals surface area (Å²) in [6.07, 6.45) is 4.75. The van der Waals surface area contributed by atoms with Crippen molar-refractivity contribution in [1.82, 2.24) is 19.9 Å². The number of nitrogens with one attached hydrogen (secondary N) is 1. The Morgan fingerprint density at radius 2 is 1.89 bits per heavy atom. The van der Waals surface area contributed by atoms with Crippen LogP contribution in [0.4, 0.5) is 0 Å². The molecule has 6 heteroatoms. The zero-order valence-corrected chi connectivity index (χ0v) is 10.6. The lowest BCUT2D eigenvalue weighted by molar-refractivity contribution is 1.07. The monoisotopic (exact) mass is 272 g/mol. The summed E-state index contributed by atoms with van der Waals surface area (Å²) in [7, 11) is 0. The fraction of sp³-hybridized carbons (Fsp3) is 0.0769. The van der Waals surface area contributed by atoms with Gasteiger partial charge in [0.1, 0.15) is 5.82 Å². The average Bonchev–Trinajstić information content (AvgIpc) is 2.46. The van der Waals surface area contributed by atoms with Gasteiger partial charge in [0.05, 0.1) is 22.5 Å². The maximum Gasteiger partial charge on any atom is 0.255 e. The molecule has 0 spiro atoms. The van der Waals surface area contributed by atoms with Crippen LogP contribution in [0.25, 0.3) is 22.4 Å². The van der Waals surface area contributed by atoms with Crippen molar-refractivity contribution in [3.8, 4) is 11.4 Å². The van der Waals surface area contributed by atoms with Crippen LogP contribution in [-0.4, -0.2) is 19.9 Å². The van der Waals surface area contributed by atoms with Crippen molar-refractivity contribution in [1.29, 1.82) is 0 Å². The summed E-state index contributed by atoms with van der Waals surface area (Å²) in [5, 5.41) is 0. The summed E-state index contributed by atoms with van der Waals surface area (Å²) in [5.41, 5.74) is 2.56. The minimum Gasteiger partial charge on any atom is -0.306 e. The molecule has 0 atom stereocenters. The number of hydrogen-bond donors (Lipinski definition) is 1. The van der Waals surface area contributed by atoms with Crippen LogP contribution in [0, 0.1) is 0 Å². The van der Waals surface area contributed by atoms with Crippen LogP contribution < -0.4 is 5.56 Å². The van der Waals surface area contributed by atoms with E-state index in [0.717, 1.165) is 16.6 Å². The molecule has 2 aromatic heterocycles. The number of benzene rings is 1. The van der Waals surface area contributed by atoms with Crippen LogP contribution in [-0.2, 0) is 5.88 Å². The van der Waals surface area contributed by atoms with Gasteiger partial charge in [0.2, 0.25) is 0 Å². The van der Waals surface area contributed by atoms with Crippen molar-refractivity contribution < 1.29 is 0 Å². The molecule has 3 rings (SSSR count). The second-order valence-corrected chi connectivity index (χ2v) is 4.25. The Balaban J connectivity index is 2.13. The molecule has 0 aliphatic heterocycles. The number of H-pyrrole nitrogens is 1. The van der Waals surface area contributed by atoms with E-state index >= 15 is 0 Å². The molecule has 3 aromatic rings. The molecule has 0 amide bonds. The maximum atomic E-state index is 11.7. The van der Waals surface area contributed by atoms with Gasteiger partial charge in [-0.3, -0.25) is 14.8 Å². The smallest absolute Gasteiger partial charge is 0.255 e. The molecule has 0 fully saturated rings. The van der Waals surface area contributed by atoms with Crippen molar-refractivity contribution in [2.24, 2.45) is 0 Å². The molecule has 0 bridgehead atoms. The number of rotatable bonds is 2. The fourth-order valence-electron chi connectivity index (χ4n) is 1.77. The minimum absolute atomic E-state index is 0.145. The van der Waals surface area contributed by atoms with Gasteiger partial charge in [-0.05, 0) is 18.2 Å². The second kappa shape index (κ2) is 4.78. The largest absolute Gasteiger partial charge is 0.306 e. The average molecular weight is 273 g/mol. The first-order chi connectivity index (χ1) is 9.28. The Kier molecular flexibility index (Phi) is 2.97. The van der Waals surface area contributed by atoms with E-state index in [1.807, 2.05) is 18.2 Å². The molecule has 2 heterocycles. The third-order valence-electron chi connectivity index (χ3n) is 2.76. The Labute approximate surface area is 113 Å². The third-order valence-corrected chi connectivity index (χ3v) is 3.05. The Morgan fingerprint density at radius 1 is 1.11 bits per heavy atom. The van der Waals surface area contributed by atoms with Crippen LogP contribution in [0.15, 0.2) is 41.6 Å². The van der Waals surface area contributed by atoms with Crippen LogP contribution in [0.5, 0.6) is 0 Å². The van der Waals surface area contributed by atoms with Gasteiger partial charge in [-0.25, -0.2) is 4.98 Å². The molecular weight excluding hydrogens is 264 g/mol. The summed E-state index contributed by atoms with van der Waals surface area (Å²) in [5.74, 6) is 0.637. The van der Waals surface area contributed by atoms with E-state index in [-0.39, 0.29) is 11.4 Å². The lowest BCUT2D eigenvalue weighted by Gasteiger charge is -2.03. The van der Waals surface area contributed by atoms with E-state index in [9.17, 15) is 4.79 Å². The van der Waals surface area contributed by atoms with Crippen LogP contribution in [0.3, 0.4) is 0 Å². The number of fused-ring (bicyclic) bond motifs is 1. The maximum absolute atomic E-state index is 11.7. The van der Waals surface area contributed by atoms with Gasteiger partial charge in [0.15, 0.2) is 0 Å². The highest BCUT2D eigenvalue weighted by Gasteiger charge is 2.05. The number of aromatic nitrogens is 4. The molecule has 0 saturated heterocycles. The second-order valence-electron chi connectivity index (χ2n) is 3.98. The SMILES string of the molecule is O=c1[nH]c(-c2ccc3nccnc3c2)ncc1CCl. The molecule has 0 radical (unpaired) electrons. The third kappa shape index (κ3) is 2.20. The number of alkyl halides is 1. The van der Waals surface area contributed by atoms with E-state index in [1.165, 1.54) is 6.20 Å². The first-order valence-corrected chi connectivity index (χ1v) is 6.16. The van der Waals surface area contributed by atoms with Crippen LogP contribution >= 0.6 is 11.6 Å². The number of aromatic amines is 1. The summed E-state index contributed by atoms with van der Waals surface area (Å²) in [6, 6.07) is 5.52. The highest BCUT2D eigenvalue weighted by Crippen LogP contribution is 2.18. The zero-order chi connectivity index (χ0) is 13.2.